The number of hydrogen-bond acceptors (Lipinski definition) is 8. The summed E-state index contributed by atoms with van der Waals surface area (Å²) >= 11 is 0. The zero-order valence-corrected chi connectivity index (χ0v) is 19.8. The fourth-order valence-corrected chi connectivity index (χ4v) is 4.26. The molecule has 0 aliphatic carbocycles. The van der Waals surface area contributed by atoms with Gasteiger partial charge in [-0.1, -0.05) is 25.1 Å². The number of nitrogens with zero attached hydrogens (tertiary/aromatic N) is 4. The van der Waals surface area contributed by atoms with Crippen LogP contribution in [0.2, 0.25) is 0 Å². The first kappa shape index (κ1) is 23.2. The monoisotopic (exact) mass is 476 g/mol. The van der Waals surface area contributed by atoms with E-state index in [4.69, 9.17) is 0 Å². The second-order valence-corrected chi connectivity index (χ2v) is 9.95. The van der Waals surface area contributed by atoms with Crippen LogP contribution in [0, 0.1) is 0 Å². The van der Waals surface area contributed by atoms with Crippen molar-refractivity contribution in [3.8, 4) is 11.3 Å². The molecule has 174 valence electrons. The van der Waals surface area contributed by atoms with Gasteiger partial charge in [0.25, 0.3) is 5.91 Å². The summed E-state index contributed by atoms with van der Waals surface area (Å²) < 4.78 is 23.7. The van der Waals surface area contributed by atoms with E-state index in [1.165, 1.54) is 12.5 Å². The lowest BCUT2D eigenvalue weighted by Crippen LogP contribution is -2.18. The van der Waals surface area contributed by atoms with E-state index in [0.29, 0.717) is 29.2 Å². The molecule has 1 amide bonds. The van der Waals surface area contributed by atoms with Gasteiger partial charge in [0.05, 0.1) is 21.7 Å². The average molecular weight is 477 g/mol. The van der Waals surface area contributed by atoms with Crippen molar-refractivity contribution >= 4 is 32.5 Å². The van der Waals surface area contributed by atoms with Gasteiger partial charge in [-0.25, -0.2) is 18.4 Å². The topological polar surface area (TPSA) is 127 Å². The van der Waals surface area contributed by atoms with Crippen molar-refractivity contribution in [3.63, 3.8) is 0 Å². The number of rotatable bonds is 7. The summed E-state index contributed by atoms with van der Waals surface area (Å²) in [6.07, 6.45) is 7.09. The number of anilines is 1. The molecule has 2 N–H and O–H groups in total. The third-order valence-electron chi connectivity index (χ3n) is 5.50. The molecule has 1 aromatic carbocycles. The van der Waals surface area contributed by atoms with Gasteiger partial charge in [-0.15, -0.1) is 0 Å². The van der Waals surface area contributed by atoms with E-state index in [1.54, 1.807) is 37.6 Å². The molecule has 0 aliphatic rings. The second kappa shape index (κ2) is 9.52. The predicted octanol–water partition coefficient (Wildman–Crippen LogP) is 3.07. The standard InChI is InChI=1S/C24H24N6O3S/c1-15(18-5-4-6-19-20(24(31)25-2)7-8-27-23(18)19)11-28-22-10-21(29-14-30-22)16-9-17(13-26-12-16)34(3,32)33/h4-10,12-15H,11H2,1-3H3,(H,25,31)(H,28,29,30)/t15-/m1/s1. The van der Waals surface area contributed by atoms with Gasteiger partial charge in [0.1, 0.15) is 12.1 Å². The molecule has 0 saturated carbocycles. The summed E-state index contributed by atoms with van der Waals surface area (Å²) in [4.78, 5) is 29.5. The number of amides is 1. The molecule has 0 saturated heterocycles. The molecule has 3 aromatic heterocycles. The maximum Gasteiger partial charge on any atom is 0.251 e. The van der Waals surface area contributed by atoms with E-state index in [-0.39, 0.29) is 16.7 Å². The van der Waals surface area contributed by atoms with Crippen LogP contribution in [-0.4, -0.2) is 54.1 Å². The third kappa shape index (κ3) is 4.86. The quantitative estimate of drug-likeness (QED) is 0.417. The Morgan fingerprint density at radius 3 is 2.68 bits per heavy atom. The molecular weight excluding hydrogens is 452 g/mol. The molecule has 4 aromatic rings. The molecular formula is C24H24N6O3S. The molecule has 0 aliphatic heterocycles. The predicted molar refractivity (Wildman–Crippen MR) is 130 cm³/mol. The Morgan fingerprint density at radius 1 is 1.09 bits per heavy atom. The minimum atomic E-state index is -3.38. The molecule has 4 rings (SSSR count). The van der Waals surface area contributed by atoms with Gasteiger partial charge in [0.15, 0.2) is 9.84 Å². The van der Waals surface area contributed by atoms with Crippen molar-refractivity contribution in [2.45, 2.75) is 17.7 Å². The molecule has 0 spiro atoms. The summed E-state index contributed by atoms with van der Waals surface area (Å²) in [7, 11) is -1.77. The Kier molecular flexibility index (Phi) is 6.51. The minimum absolute atomic E-state index is 0.0600. The van der Waals surface area contributed by atoms with Crippen molar-refractivity contribution in [2.24, 2.45) is 0 Å². The number of carbonyl (C=O) groups is 1. The average Bonchev–Trinajstić information content (AvgIpc) is 2.85. The van der Waals surface area contributed by atoms with Crippen LogP contribution in [0.5, 0.6) is 0 Å². The van der Waals surface area contributed by atoms with Crippen LogP contribution in [-0.2, 0) is 9.84 Å². The van der Waals surface area contributed by atoms with E-state index < -0.39 is 9.84 Å². The Labute approximate surface area is 197 Å². The number of para-hydroxylation sites is 1. The highest BCUT2D eigenvalue weighted by molar-refractivity contribution is 7.90. The highest BCUT2D eigenvalue weighted by atomic mass is 32.2. The number of sulfone groups is 1. The summed E-state index contributed by atoms with van der Waals surface area (Å²) in [5, 5.41) is 6.78. The lowest BCUT2D eigenvalue weighted by Gasteiger charge is -2.16. The number of fused-ring (bicyclic) bond motifs is 1. The number of hydrogen-bond donors (Lipinski definition) is 2. The molecule has 9 nitrogen and oxygen atoms in total. The maximum absolute atomic E-state index is 12.2. The Bertz CT molecular complexity index is 1470. The van der Waals surface area contributed by atoms with E-state index in [9.17, 15) is 13.2 Å². The lowest BCUT2D eigenvalue weighted by atomic mass is 9.96. The van der Waals surface area contributed by atoms with Gasteiger partial charge in [-0.2, -0.15) is 0 Å². The minimum Gasteiger partial charge on any atom is -0.369 e. The van der Waals surface area contributed by atoms with Crippen LogP contribution in [0.1, 0.15) is 28.8 Å². The largest absolute Gasteiger partial charge is 0.369 e. The second-order valence-electron chi connectivity index (χ2n) is 7.93. The van der Waals surface area contributed by atoms with Crippen molar-refractivity contribution < 1.29 is 13.2 Å². The smallest absolute Gasteiger partial charge is 0.251 e. The van der Waals surface area contributed by atoms with Crippen molar-refractivity contribution in [3.05, 3.63) is 72.4 Å². The summed E-state index contributed by atoms with van der Waals surface area (Å²) in [5.41, 5.74) is 3.52. The first-order valence-electron chi connectivity index (χ1n) is 10.6. The zero-order chi connectivity index (χ0) is 24.3. The Balaban J connectivity index is 1.56. The highest BCUT2D eigenvalue weighted by Gasteiger charge is 2.16. The molecule has 3 heterocycles. The summed E-state index contributed by atoms with van der Waals surface area (Å²) in [5.74, 6) is 0.504. The molecule has 0 fully saturated rings. The number of pyridine rings is 2. The first-order chi connectivity index (χ1) is 16.3. The van der Waals surface area contributed by atoms with Crippen LogP contribution >= 0.6 is 0 Å². The van der Waals surface area contributed by atoms with E-state index in [2.05, 4.69) is 37.5 Å². The van der Waals surface area contributed by atoms with Gasteiger partial charge >= 0.3 is 0 Å². The van der Waals surface area contributed by atoms with Gasteiger partial charge in [-0.05, 0) is 17.7 Å². The molecule has 10 heteroatoms. The molecule has 1 atom stereocenters. The third-order valence-corrected chi connectivity index (χ3v) is 6.58. The van der Waals surface area contributed by atoms with E-state index in [0.717, 1.165) is 22.7 Å². The Hall–Kier alpha value is -3.92. The lowest BCUT2D eigenvalue weighted by molar-refractivity contribution is 0.0964. The highest BCUT2D eigenvalue weighted by Crippen LogP contribution is 2.27. The number of carbonyl (C=O) groups excluding carboxylic acids is 1. The van der Waals surface area contributed by atoms with E-state index >= 15 is 0 Å². The molecule has 0 radical (unpaired) electrons. The van der Waals surface area contributed by atoms with E-state index in [1.807, 2.05) is 18.2 Å². The molecule has 34 heavy (non-hydrogen) atoms. The van der Waals surface area contributed by atoms with Crippen molar-refractivity contribution in [2.75, 3.05) is 25.2 Å². The van der Waals surface area contributed by atoms with Crippen molar-refractivity contribution in [1.82, 2.24) is 25.3 Å². The molecule has 0 unspecified atom stereocenters. The van der Waals surface area contributed by atoms with Gasteiger partial charge < -0.3 is 10.6 Å². The molecule has 0 bridgehead atoms. The normalized spacial score (nSPS) is 12.3. The maximum atomic E-state index is 12.2. The number of benzene rings is 1. The van der Waals surface area contributed by atoms with Gasteiger partial charge in [-0.3, -0.25) is 14.8 Å². The Morgan fingerprint density at radius 2 is 1.91 bits per heavy atom. The van der Waals surface area contributed by atoms with Crippen LogP contribution in [0.15, 0.2) is 66.2 Å². The fraction of sp³-hybridized carbons (Fsp3) is 0.208. The zero-order valence-electron chi connectivity index (χ0n) is 19.0. The number of aromatic nitrogens is 4. The fourth-order valence-electron chi connectivity index (χ4n) is 3.67. The van der Waals surface area contributed by atoms with Crippen LogP contribution in [0.4, 0.5) is 5.82 Å². The summed E-state index contributed by atoms with van der Waals surface area (Å²) in [6, 6.07) is 10.8. The first-order valence-corrected chi connectivity index (χ1v) is 12.5. The number of nitrogens with one attached hydrogen (secondary N) is 2. The SMILES string of the molecule is CNC(=O)c1ccnc2c([C@H](C)CNc3cc(-c4cncc(S(C)(=O)=O)c4)ncn3)cccc12. The van der Waals surface area contributed by atoms with Crippen LogP contribution < -0.4 is 10.6 Å². The van der Waals surface area contributed by atoms with Gasteiger partial charge in [0, 0.05) is 61.4 Å². The van der Waals surface area contributed by atoms with Gasteiger partial charge in [0.2, 0.25) is 0 Å². The van der Waals surface area contributed by atoms with Crippen LogP contribution in [0.3, 0.4) is 0 Å². The summed E-state index contributed by atoms with van der Waals surface area (Å²) in [6.45, 7) is 2.63. The van der Waals surface area contributed by atoms with Crippen molar-refractivity contribution in [1.29, 1.82) is 0 Å². The van der Waals surface area contributed by atoms with Crippen LogP contribution in [0.25, 0.3) is 22.2 Å².